The number of carboxylic acid groups (broad SMARTS) is 1. The minimum atomic E-state index is -1.29. The van der Waals surface area contributed by atoms with E-state index in [0.717, 1.165) is 0 Å². The molecular weight excluding hydrogens is 236 g/mol. The maximum Gasteiger partial charge on any atom is 0.342 e. The highest BCUT2D eigenvalue weighted by molar-refractivity contribution is 5.95. The van der Waals surface area contributed by atoms with Crippen molar-refractivity contribution in [2.75, 3.05) is 18.5 Å². The van der Waals surface area contributed by atoms with Crippen LogP contribution in [0.4, 0.5) is 11.4 Å². The number of carbonyl (C=O) groups is 1. The number of para-hydroxylation sites is 1. The van der Waals surface area contributed by atoms with Crippen LogP contribution in [-0.4, -0.2) is 29.6 Å². The molecule has 0 aromatic heterocycles. The van der Waals surface area contributed by atoms with Gasteiger partial charge in [0.2, 0.25) is 0 Å². The molecule has 6 heteroatoms. The first-order valence-electron chi connectivity index (χ1n) is 5.56. The van der Waals surface area contributed by atoms with Gasteiger partial charge in [-0.05, 0) is 18.1 Å². The number of anilines is 1. The van der Waals surface area contributed by atoms with Gasteiger partial charge in [0.1, 0.15) is 11.3 Å². The first-order chi connectivity index (χ1) is 8.34. The summed E-state index contributed by atoms with van der Waals surface area (Å²) in [6.45, 7) is 4.59. The van der Waals surface area contributed by atoms with Crippen LogP contribution < -0.4 is 4.90 Å². The smallest absolute Gasteiger partial charge is 0.342 e. The Hall–Kier alpha value is -2.11. The number of aromatic carboxylic acids is 1. The third-order valence-corrected chi connectivity index (χ3v) is 2.48. The van der Waals surface area contributed by atoms with E-state index in [0.29, 0.717) is 18.2 Å². The third-order valence-electron chi connectivity index (χ3n) is 2.48. The molecule has 0 bridgehead atoms. The van der Waals surface area contributed by atoms with Crippen molar-refractivity contribution in [3.8, 4) is 0 Å². The molecule has 0 amide bonds. The second-order valence-corrected chi connectivity index (χ2v) is 4.51. The van der Waals surface area contributed by atoms with E-state index in [1.807, 2.05) is 13.8 Å². The zero-order chi connectivity index (χ0) is 13.9. The lowest BCUT2D eigenvalue weighted by atomic mass is 10.1. The Morgan fingerprint density at radius 1 is 1.50 bits per heavy atom. The number of hydrogen-bond donors (Lipinski definition) is 1. The summed E-state index contributed by atoms with van der Waals surface area (Å²) in [6, 6.07) is 4.32. The number of benzene rings is 1. The molecule has 0 aliphatic rings. The van der Waals surface area contributed by atoms with Crippen molar-refractivity contribution >= 4 is 17.3 Å². The molecule has 0 aliphatic heterocycles. The Morgan fingerprint density at radius 3 is 2.56 bits per heavy atom. The van der Waals surface area contributed by atoms with Crippen LogP contribution in [0, 0.1) is 16.0 Å². The van der Waals surface area contributed by atoms with E-state index in [2.05, 4.69) is 0 Å². The summed E-state index contributed by atoms with van der Waals surface area (Å²) in [5.74, 6) is -0.968. The molecule has 0 heterocycles. The van der Waals surface area contributed by atoms with Crippen molar-refractivity contribution in [1.29, 1.82) is 0 Å². The second kappa shape index (κ2) is 5.48. The maximum atomic E-state index is 11.1. The SMILES string of the molecule is CC(C)CN(C)c1cccc(C(=O)O)c1[N+](=O)[O-]. The number of nitro groups is 1. The Morgan fingerprint density at radius 2 is 2.11 bits per heavy atom. The van der Waals surface area contributed by atoms with Gasteiger partial charge in [-0.3, -0.25) is 10.1 Å². The zero-order valence-corrected chi connectivity index (χ0v) is 10.6. The van der Waals surface area contributed by atoms with E-state index in [1.165, 1.54) is 12.1 Å². The highest BCUT2D eigenvalue weighted by atomic mass is 16.6. The summed E-state index contributed by atoms with van der Waals surface area (Å²) < 4.78 is 0. The van der Waals surface area contributed by atoms with E-state index in [1.54, 1.807) is 18.0 Å². The van der Waals surface area contributed by atoms with Crippen LogP contribution in [0.5, 0.6) is 0 Å². The summed E-state index contributed by atoms with van der Waals surface area (Å²) in [7, 11) is 1.72. The average molecular weight is 252 g/mol. The van der Waals surface area contributed by atoms with Crippen molar-refractivity contribution < 1.29 is 14.8 Å². The molecule has 98 valence electrons. The van der Waals surface area contributed by atoms with E-state index >= 15 is 0 Å². The van der Waals surface area contributed by atoms with Crippen LogP contribution in [0.2, 0.25) is 0 Å². The maximum absolute atomic E-state index is 11.1. The molecule has 0 spiro atoms. The molecular formula is C12H16N2O4. The van der Waals surface area contributed by atoms with Gasteiger partial charge in [-0.25, -0.2) is 4.79 Å². The molecule has 0 saturated heterocycles. The molecule has 0 aliphatic carbocycles. The molecule has 1 aromatic rings. The Labute approximate surface area is 105 Å². The van der Waals surface area contributed by atoms with Crippen LogP contribution in [0.1, 0.15) is 24.2 Å². The Bertz CT molecular complexity index is 471. The number of rotatable bonds is 5. The van der Waals surface area contributed by atoms with Crippen molar-refractivity contribution in [3.63, 3.8) is 0 Å². The second-order valence-electron chi connectivity index (χ2n) is 4.51. The summed E-state index contributed by atoms with van der Waals surface area (Å²) in [5, 5.41) is 20.0. The van der Waals surface area contributed by atoms with Gasteiger partial charge in [-0.1, -0.05) is 19.9 Å². The molecule has 1 rings (SSSR count). The van der Waals surface area contributed by atoms with Gasteiger partial charge in [0.25, 0.3) is 0 Å². The third kappa shape index (κ3) is 2.97. The molecule has 1 aromatic carbocycles. The number of nitro benzene ring substituents is 1. The van der Waals surface area contributed by atoms with E-state index in [4.69, 9.17) is 5.11 Å². The number of carboxylic acids is 1. The summed E-state index contributed by atoms with van der Waals surface area (Å²) in [4.78, 5) is 23.1. The summed E-state index contributed by atoms with van der Waals surface area (Å²) >= 11 is 0. The topological polar surface area (TPSA) is 83.7 Å². The van der Waals surface area contributed by atoms with Gasteiger partial charge in [-0.2, -0.15) is 0 Å². The molecule has 0 radical (unpaired) electrons. The predicted octanol–water partition coefficient (Wildman–Crippen LogP) is 2.39. The van der Waals surface area contributed by atoms with E-state index in [-0.39, 0.29) is 11.3 Å². The van der Waals surface area contributed by atoms with Crippen molar-refractivity contribution in [1.82, 2.24) is 0 Å². The van der Waals surface area contributed by atoms with Crippen molar-refractivity contribution in [3.05, 3.63) is 33.9 Å². The van der Waals surface area contributed by atoms with Gasteiger partial charge in [-0.15, -0.1) is 0 Å². The first-order valence-corrected chi connectivity index (χ1v) is 5.56. The fourth-order valence-electron chi connectivity index (χ4n) is 1.85. The fourth-order valence-corrected chi connectivity index (χ4v) is 1.85. The van der Waals surface area contributed by atoms with Gasteiger partial charge in [0.15, 0.2) is 0 Å². The minimum Gasteiger partial charge on any atom is -0.477 e. The van der Waals surface area contributed by atoms with Crippen LogP contribution in [0.3, 0.4) is 0 Å². The van der Waals surface area contributed by atoms with Gasteiger partial charge < -0.3 is 10.0 Å². The lowest BCUT2D eigenvalue weighted by Crippen LogP contribution is -2.24. The minimum absolute atomic E-state index is 0.284. The molecule has 1 N–H and O–H groups in total. The predicted molar refractivity (Wildman–Crippen MR) is 68.2 cm³/mol. The van der Waals surface area contributed by atoms with Crippen LogP contribution in [0.25, 0.3) is 0 Å². The van der Waals surface area contributed by atoms with Crippen LogP contribution >= 0.6 is 0 Å². The van der Waals surface area contributed by atoms with E-state index < -0.39 is 10.9 Å². The normalized spacial score (nSPS) is 10.4. The zero-order valence-electron chi connectivity index (χ0n) is 10.6. The molecule has 18 heavy (non-hydrogen) atoms. The molecule has 6 nitrogen and oxygen atoms in total. The van der Waals surface area contributed by atoms with Gasteiger partial charge >= 0.3 is 11.7 Å². The summed E-state index contributed by atoms with van der Waals surface area (Å²) in [6.07, 6.45) is 0. The van der Waals surface area contributed by atoms with Crippen molar-refractivity contribution in [2.45, 2.75) is 13.8 Å². The number of hydrogen-bond acceptors (Lipinski definition) is 4. The van der Waals surface area contributed by atoms with Crippen molar-refractivity contribution in [2.24, 2.45) is 5.92 Å². The monoisotopic (exact) mass is 252 g/mol. The molecule has 0 saturated carbocycles. The Balaban J connectivity index is 3.31. The summed E-state index contributed by atoms with van der Waals surface area (Å²) in [5.41, 5.74) is -0.310. The lowest BCUT2D eigenvalue weighted by Gasteiger charge is -2.21. The van der Waals surface area contributed by atoms with Gasteiger partial charge in [0, 0.05) is 13.6 Å². The lowest BCUT2D eigenvalue weighted by molar-refractivity contribution is -0.384. The van der Waals surface area contributed by atoms with Crippen LogP contribution in [0.15, 0.2) is 18.2 Å². The largest absolute Gasteiger partial charge is 0.477 e. The Kier molecular flexibility index (Phi) is 4.25. The van der Waals surface area contributed by atoms with Gasteiger partial charge in [0.05, 0.1) is 4.92 Å². The average Bonchev–Trinajstić information content (AvgIpc) is 2.26. The quantitative estimate of drug-likeness (QED) is 0.642. The molecule has 0 fully saturated rings. The highest BCUT2D eigenvalue weighted by Crippen LogP contribution is 2.31. The highest BCUT2D eigenvalue weighted by Gasteiger charge is 2.26. The fraction of sp³-hybridized carbons (Fsp3) is 0.417. The first kappa shape index (κ1) is 14.0. The standard InChI is InChI=1S/C12H16N2O4/c1-8(2)7-13(3)10-6-4-5-9(12(15)16)11(10)14(17)18/h4-6,8H,7H2,1-3H3,(H,15,16). The molecule has 0 atom stereocenters. The number of nitrogens with zero attached hydrogens (tertiary/aromatic N) is 2. The van der Waals surface area contributed by atoms with E-state index in [9.17, 15) is 14.9 Å². The molecule has 0 unspecified atom stereocenters. The van der Waals surface area contributed by atoms with Crippen LogP contribution in [-0.2, 0) is 0 Å².